The number of hydrogen-bond acceptors (Lipinski definition) is 4. The number of nitrogens with two attached hydrogens (primary N) is 2. The van der Waals surface area contributed by atoms with Crippen LogP contribution in [0, 0.1) is 0 Å². The van der Waals surface area contributed by atoms with Crippen LogP contribution >= 0.6 is 28.3 Å². The van der Waals surface area contributed by atoms with Crippen LogP contribution in [0.15, 0.2) is 16.6 Å². The monoisotopic (exact) mass is 310 g/mol. The van der Waals surface area contributed by atoms with E-state index in [0.717, 1.165) is 4.47 Å². The molecule has 0 unspecified atom stereocenters. The quantitative estimate of drug-likeness (QED) is 0.793. The minimum absolute atomic E-state index is 0. The van der Waals surface area contributed by atoms with Gasteiger partial charge in [0.25, 0.3) is 0 Å². The van der Waals surface area contributed by atoms with Gasteiger partial charge in [-0.15, -0.1) is 12.4 Å². The predicted molar refractivity (Wildman–Crippen MR) is 70.2 cm³/mol. The van der Waals surface area contributed by atoms with Crippen molar-refractivity contribution in [3.8, 4) is 11.5 Å². The van der Waals surface area contributed by atoms with Crippen LogP contribution in [0.25, 0.3) is 0 Å². The van der Waals surface area contributed by atoms with E-state index in [9.17, 15) is 5.11 Å². The second-order valence-electron chi connectivity index (χ2n) is 3.20. The number of rotatable bonds is 4. The number of halogens is 2. The summed E-state index contributed by atoms with van der Waals surface area (Å²) in [7, 11) is 1.50. The Bertz CT molecular complexity index is 350. The fraction of sp³-hybridized carbons (Fsp3) is 0.400. The molecule has 1 rings (SSSR count). The SMILES string of the molecule is COc1ccc(Br)c([C@H](N)CCN)c1O.Cl. The molecule has 6 heteroatoms. The molecule has 0 saturated carbocycles. The molecule has 0 aromatic heterocycles. The fourth-order valence-corrected chi connectivity index (χ4v) is 2.02. The van der Waals surface area contributed by atoms with Gasteiger partial charge in [-0.05, 0) is 25.1 Å². The van der Waals surface area contributed by atoms with Crippen molar-refractivity contribution in [2.75, 3.05) is 13.7 Å². The van der Waals surface area contributed by atoms with E-state index in [2.05, 4.69) is 15.9 Å². The van der Waals surface area contributed by atoms with Gasteiger partial charge in [-0.1, -0.05) is 15.9 Å². The zero-order valence-corrected chi connectivity index (χ0v) is 11.3. The number of phenols is 1. The van der Waals surface area contributed by atoms with Crippen LogP contribution < -0.4 is 16.2 Å². The van der Waals surface area contributed by atoms with Crippen molar-refractivity contribution in [2.24, 2.45) is 11.5 Å². The van der Waals surface area contributed by atoms with Crippen molar-refractivity contribution in [2.45, 2.75) is 12.5 Å². The molecule has 1 atom stereocenters. The molecule has 0 aliphatic rings. The first-order valence-corrected chi connectivity index (χ1v) is 5.42. The minimum atomic E-state index is -0.292. The lowest BCUT2D eigenvalue weighted by atomic mass is 10.0. The maximum Gasteiger partial charge on any atom is 0.163 e. The first-order valence-electron chi connectivity index (χ1n) is 4.62. The van der Waals surface area contributed by atoms with Crippen molar-refractivity contribution < 1.29 is 9.84 Å². The van der Waals surface area contributed by atoms with Crippen molar-refractivity contribution in [3.05, 3.63) is 22.2 Å². The van der Waals surface area contributed by atoms with Gasteiger partial charge in [-0.25, -0.2) is 0 Å². The zero-order chi connectivity index (χ0) is 11.4. The highest BCUT2D eigenvalue weighted by molar-refractivity contribution is 9.10. The van der Waals surface area contributed by atoms with E-state index in [4.69, 9.17) is 16.2 Å². The van der Waals surface area contributed by atoms with E-state index in [1.165, 1.54) is 7.11 Å². The molecular formula is C10H16BrClN2O2. The smallest absolute Gasteiger partial charge is 0.163 e. The van der Waals surface area contributed by atoms with Crippen molar-refractivity contribution in [1.82, 2.24) is 0 Å². The van der Waals surface area contributed by atoms with Crippen LogP contribution in [-0.2, 0) is 0 Å². The van der Waals surface area contributed by atoms with Crippen LogP contribution in [0.2, 0.25) is 0 Å². The summed E-state index contributed by atoms with van der Waals surface area (Å²) in [6.45, 7) is 0.476. The lowest BCUT2D eigenvalue weighted by Gasteiger charge is -2.16. The Hall–Kier alpha value is -0.490. The second-order valence-corrected chi connectivity index (χ2v) is 4.05. The molecule has 0 spiro atoms. The number of phenolic OH excluding ortho intramolecular Hbond substituents is 1. The van der Waals surface area contributed by atoms with Gasteiger partial charge in [-0.3, -0.25) is 0 Å². The maximum atomic E-state index is 9.89. The van der Waals surface area contributed by atoms with Gasteiger partial charge >= 0.3 is 0 Å². The van der Waals surface area contributed by atoms with E-state index < -0.39 is 0 Å². The Kier molecular flexibility index (Phi) is 6.74. The lowest BCUT2D eigenvalue weighted by Crippen LogP contribution is -2.16. The molecule has 0 amide bonds. The number of ether oxygens (including phenoxy) is 1. The Labute approximate surface area is 109 Å². The first kappa shape index (κ1) is 15.5. The molecule has 16 heavy (non-hydrogen) atoms. The molecule has 0 saturated heterocycles. The molecular weight excluding hydrogens is 295 g/mol. The Balaban J connectivity index is 0.00000225. The van der Waals surface area contributed by atoms with E-state index >= 15 is 0 Å². The fourth-order valence-electron chi connectivity index (χ4n) is 1.40. The molecule has 0 aliphatic carbocycles. The summed E-state index contributed by atoms with van der Waals surface area (Å²) < 4.78 is 5.78. The molecule has 92 valence electrons. The van der Waals surface area contributed by atoms with Crippen LogP contribution in [0.5, 0.6) is 11.5 Å². The van der Waals surface area contributed by atoms with Crippen LogP contribution in [0.1, 0.15) is 18.0 Å². The molecule has 4 nitrogen and oxygen atoms in total. The summed E-state index contributed by atoms with van der Waals surface area (Å²) in [6, 6.07) is 3.18. The highest BCUT2D eigenvalue weighted by atomic mass is 79.9. The minimum Gasteiger partial charge on any atom is -0.504 e. The summed E-state index contributed by atoms with van der Waals surface area (Å²) in [6.07, 6.45) is 0.610. The van der Waals surface area contributed by atoms with Crippen LogP contribution in [-0.4, -0.2) is 18.8 Å². The standard InChI is InChI=1S/C10H15BrN2O2.ClH/c1-15-8-3-2-6(11)9(10(8)14)7(13)4-5-12;/h2-3,7,14H,4-5,12-13H2,1H3;1H/t7-;/m1./s1. The zero-order valence-electron chi connectivity index (χ0n) is 8.94. The molecule has 0 radical (unpaired) electrons. The van der Waals surface area contributed by atoms with E-state index in [1.807, 2.05) is 0 Å². The third-order valence-electron chi connectivity index (χ3n) is 2.20. The van der Waals surface area contributed by atoms with Crippen molar-refractivity contribution in [3.63, 3.8) is 0 Å². The van der Waals surface area contributed by atoms with E-state index in [0.29, 0.717) is 24.3 Å². The Morgan fingerprint density at radius 2 is 2.12 bits per heavy atom. The molecule has 0 bridgehead atoms. The second kappa shape index (κ2) is 6.96. The van der Waals surface area contributed by atoms with Gasteiger partial charge in [0, 0.05) is 16.1 Å². The van der Waals surface area contributed by atoms with Gasteiger partial charge in [0.15, 0.2) is 11.5 Å². The maximum absolute atomic E-state index is 9.89. The van der Waals surface area contributed by atoms with Gasteiger partial charge in [0.05, 0.1) is 7.11 Å². The number of aromatic hydroxyl groups is 1. The topological polar surface area (TPSA) is 81.5 Å². The third-order valence-corrected chi connectivity index (χ3v) is 2.89. The molecule has 0 aliphatic heterocycles. The number of hydrogen-bond donors (Lipinski definition) is 3. The normalized spacial score (nSPS) is 11.8. The first-order chi connectivity index (χ1) is 7.11. The van der Waals surface area contributed by atoms with Crippen molar-refractivity contribution in [1.29, 1.82) is 0 Å². The molecule has 0 heterocycles. The predicted octanol–water partition coefficient (Wildman–Crippen LogP) is 1.93. The lowest BCUT2D eigenvalue weighted by molar-refractivity contribution is 0.367. The molecule has 0 fully saturated rings. The highest BCUT2D eigenvalue weighted by Gasteiger charge is 2.17. The average Bonchev–Trinajstić information content (AvgIpc) is 2.18. The van der Waals surface area contributed by atoms with Gasteiger partial charge < -0.3 is 21.3 Å². The summed E-state index contributed by atoms with van der Waals surface area (Å²) in [5.74, 6) is 0.494. The highest BCUT2D eigenvalue weighted by Crippen LogP contribution is 2.38. The van der Waals surface area contributed by atoms with E-state index in [1.54, 1.807) is 12.1 Å². The third kappa shape index (κ3) is 3.25. The largest absolute Gasteiger partial charge is 0.504 e. The van der Waals surface area contributed by atoms with Gasteiger partial charge in [-0.2, -0.15) is 0 Å². The van der Waals surface area contributed by atoms with Gasteiger partial charge in [0.2, 0.25) is 0 Å². The average molecular weight is 312 g/mol. The molecule has 1 aromatic rings. The number of benzene rings is 1. The molecule has 5 N–H and O–H groups in total. The Morgan fingerprint density at radius 1 is 1.50 bits per heavy atom. The number of methoxy groups -OCH3 is 1. The summed E-state index contributed by atoms with van der Waals surface area (Å²) in [5.41, 5.74) is 12.0. The van der Waals surface area contributed by atoms with Crippen molar-refractivity contribution >= 4 is 28.3 Å². The van der Waals surface area contributed by atoms with Crippen LogP contribution in [0.3, 0.4) is 0 Å². The molecule has 1 aromatic carbocycles. The summed E-state index contributed by atoms with van der Waals surface area (Å²) >= 11 is 3.34. The van der Waals surface area contributed by atoms with E-state index in [-0.39, 0.29) is 24.2 Å². The van der Waals surface area contributed by atoms with Crippen LogP contribution in [0.4, 0.5) is 0 Å². The summed E-state index contributed by atoms with van der Waals surface area (Å²) in [5, 5.41) is 9.89. The summed E-state index contributed by atoms with van der Waals surface area (Å²) in [4.78, 5) is 0. The Morgan fingerprint density at radius 3 is 2.62 bits per heavy atom. The van der Waals surface area contributed by atoms with Gasteiger partial charge in [0.1, 0.15) is 0 Å².